The highest BCUT2D eigenvalue weighted by molar-refractivity contribution is 7.13. The Bertz CT molecular complexity index is 717. The van der Waals surface area contributed by atoms with Crippen LogP contribution in [0.3, 0.4) is 0 Å². The molecule has 1 aromatic carbocycles. The van der Waals surface area contributed by atoms with Crippen molar-refractivity contribution < 1.29 is 14.3 Å². The third-order valence-corrected chi connectivity index (χ3v) is 4.66. The van der Waals surface area contributed by atoms with Gasteiger partial charge in [-0.25, -0.2) is 4.98 Å². The van der Waals surface area contributed by atoms with Crippen molar-refractivity contribution in [3.8, 4) is 5.75 Å². The average Bonchev–Trinajstić information content (AvgIpc) is 3.27. The Balaban J connectivity index is 1.54. The lowest BCUT2D eigenvalue weighted by Gasteiger charge is -2.22. The number of amides is 2. The van der Waals surface area contributed by atoms with Gasteiger partial charge in [-0.2, -0.15) is 0 Å². The summed E-state index contributed by atoms with van der Waals surface area (Å²) in [5, 5.41) is 5.61. The Morgan fingerprint density at radius 2 is 2.08 bits per heavy atom. The standard InChI is InChI=1S/C17H18ClN3O3S/c18-13-3-5-14(6-4-13)24-11-16(23)21(9-12-1-2-12)10-15(22)20-17-19-7-8-25-17/h3-8,12H,1-2,9-11H2,(H,19,20,22). The number of rotatable bonds is 8. The third-order valence-electron chi connectivity index (χ3n) is 3.72. The number of ether oxygens (including phenoxy) is 1. The summed E-state index contributed by atoms with van der Waals surface area (Å²) in [4.78, 5) is 30.2. The van der Waals surface area contributed by atoms with Crippen LogP contribution in [0.2, 0.25) is 5.02 Å². The predicted octanol–water partition coefficient (Wildman–Crippen LogP) is 3.05. The number of carbonyl (C=O) groups is 2. The van der Waals surface area contributed by atoms with Gasteiger partial charge in [-0.05, 0) is 43.0 Å². The number of aromatic nitrogens is 1. The van der Waals surface area contributed by atoms with Gasteiger partial charge in [-0.1, -0.05) is 11.6 Å². The Labute approximate surface area is 154 Å². The molecule has 0 aliphatic heterocycles. The molecule has 2 amide bonds. The van der Waals surface area contributed by atoms with E-state index in [4.69, 9.17) is 16.3 Å². The quantitative estimate of drug-likeness (QED) is 0.765. The molecule has 3 rings (SSSR count). The van der Waals surface area contributed by atoms with E-state index >= 15 is 0 Å². The van der Waals surface area contributed by atoms with E-state index in [1.165, 1.54) is 11.3 Å². The van der Waals surface area contributed by atoms with E-state index in [1.807, 2.05) is 0 Å². The van der Waals surface area contributed by atoms with Gasteiger partial charge in [0.15, 0.2) is 11.7 Å². The molecule has 1 N–H and O–H groups in total. The van der Waals surface area contributed by atoms with Crippen molar-refractivity contribution in [1.29, 1.82) is 0 Å². The zero-order valence-electron chi connectivity index (χ0n) is 13.5. The van der Waals surface area contributed by atoms with Crippen molar-refractivity contribution in [2.24, 2.45) is 5.92 Å². The van der Waals surface area contributed by atoms with Gasteiger partial charge >= 0.3 is 0 Å². The molecule has 1 saturated carbocycles. The molecule has 2 aromatic rings. The lowest BCUT2D eigenvalue weighted by molar-refractivity contribution is -0.136. The van der Waals surface area contributed by atoms with E-state index in [2.05, 4.69) is 10.3 Å². The van der Waals surface area contributed by atoms with E-state index in [1.54, 1.807) is 40.7 Å². The average molecular weight is 380 g/mol. The van der Waals surface area contributed by atoms with Crippen LogP contribution in [0.5, 0.6) is 5.75 Å². The zero-order valence-corrected chi connectivity index (χ0v) is 15.1. The van der Waals surface area contributed by atoms with Gasteiger partial charge in [0, 0.05) is 23.1 Å². The van der Waals surface area contributed by atoms with Crippen molar-refractivity contribution >= 4 is 39.9 Å². The van der Waals surface area contributed by atoms with Gasteiger partial charge in [-0.15, -0.1) is 11.3 Å². The number of nitrogens with one attached hydrogen (secondary N) is 1. The maximum Gasteiger partial charge on any atom is 0.260 e. The third kappa shape index (κ3) is 5.72. The van der Waals surface area contributed by atoms with Crippen LogP contribution in [0.1, 0.15) is 12.8 Å². The van der Waals surface area contributed by atoms with Crippen LogP contribution in [-0.4, -0.2) is 41.4 Å². The number of anilines is 1. The van der Waals surface area contributed by atoms with Crippen molar-refractivity contribution in [1.82, 2.24) is 9.88 Å². The minimum atomic E-state index is -0.254. The molecule has 132 valence electrons. The van der Waals surface area contributed by atoms with Gasteiger partial charge in [-0.3, -0.25) is 9.59 Å². The van der Waals surface area contributed by atoms with Crippen molar-refractivity contribution in [3.05, 3.63) is 40.9 Å². The number of thiazole rings is 1. The summed E-state index contributed by atoms with van der Waals surface area (Å²) in [6.45, 7) is 0.464. The second kappa shape index (κ2) is 8.31. The van der Waals surface area contributed by atoms with Crippen LogP contribution in [0, 0.1) is 5.92 Å². The fourth-order valence-electron chi connectivity index (χ4n) is 2.25. The lowest BCUT2D eigenvalue weighted by Crippen LogP contribution is -2.41. The van der Waals surface area contributed by atoms with Crippen LogP contribution in [0.15, 0.2) is 35.8 Å². The molecule has 8 heteroatoms. The summed E-state index contributed by atoms with van der Waals surface area (Å²) < 4.78 is 5.50. The van der Waals surface area contributed by atoms with Gasteiger partial charge in [0.25, 0.3) is 5.91 Å². The first-order valence-electron chi connectivity index (χ1n) is 7.95. The lowest BCUT2D eigenvalue weighted by atomic mass is 10.3. The van der Waals surface area contributed by atoms with Gasteiger partial charge in [0.05, 0.1) is 0 Å². The first-order chi connectivity index (χ1) is 12.1. The van der Waals surface area contributed by atoms with Crippen LogP contribution >= 0.6 is 22.9 Å². The molecule has 6 nitrogen and oxygen atoms in total. The topological polar surface area (TPSA) is 71.5 Å². The summed E-state index contributed by atoms with van der Waals surface area (Å²) in [5.41, 5.74) is 0. The van der Waals surface area contributed by atoms with E-state index in [0.717, 1.165) is 12.8 Å². The number of hydrogen-bond acceptors (Lipinski definition) is 5. The van der Waals surface area contributed by atoms with Crippen molar-refractivity contribution in [2.75, 3.05) is 25.0 Å². The second-order valence-corrected chi connectivity index (χ2v) is 7.18. The first-order valence-corrected chi connectivity index (χ1v) is 9.21. The zero-order chi connectivity index (χ0) is 17.6. The summed E-state index contributed by atoms with van der Waals surface area (Å²) in [7, 11) is 0. The smallest absolute Gasteiger partial charge is 0.260 e. The molecular formula is C17H18ClN3O3S. The highest BCUT2D eigenvalue weighted by Crippen LogP contribution is 2.29. The highest BCUT2D eigenvalue weighted by Gasteiger charge is 2.28. The summed E-state index contributed by atoms with van der Waals surface area (Å²) in [6.07, 6.45) is 3.80. The van der Waals surface area contributed by atoms with E-state index in [9.17, 15) is 9.59 Å². The first kappa shape index (κ1) is 17.7. The molecule has 0 saturated heterocycles. The molecule has 25 heavy (non-hydrogen) atoms. The summed E-state index contributed by atoms with van der Waals surface area (Å²) in [6, 6.07) is 6.81. The number of hydrogen-bond donors (Lipinski definition) is 1. The molecule has 0 bridgehead atoms. The van der Waals surface area contributed by atoms with Gasteiger partial charge < -0.3 is 15.0 Å². The Kier molecular flexibility index (Phi) is 5.88. The Morgan fingerprint density at radius 1 is 1.32 bits per heavy atom. The normalized spacial score (nSPS) is 13.3. The van der Waals surface area contributed by atoms with Crippen molar-refractivity contribution in [2.45, 2.75) is 12.8 Å². The Morgan fingerprint density at radius 3 is 2.72 bits per heavy atom. The molecule has 1 aromatic heterocycles. The second-order valence-electron chi connectivity index (χ2n) is 5.85. The fraction of sp³-hybridized carbons (Fsp3) is 0.353. The summed E-state index contributed by atoms with van der Waals surface area (Å²) >= 11 is 7.16. The van der Waals surface area contributed by atoms with E-state index < -0.39 is 0 Å². The molecule has 1 aliphatic rings. The van der Waals surface area contributed by atoms with Crippen LogP contribution in [0.25, 0.3) is 0 Å². The van der Waals surface area contributed by atoms with E-state index in [-0.39, 0.29) is 25.0 Å². The van der Waals surface area contributed by atoms with Crippen LogP contribution < -0.4 is 10.1 Å². The molecular weight excluding hydrogens is 362 g/mol. The molecule has 1 fully saturated rings. The molecule has 0 atom stereocenters. The predicted molar refractivity (Wildman–Crippen MR) is 97.0 cm³/mol. The number of benzene rings is 1. The molecule has 0 spiro atoms. The van der Waals surface area contributed by atoms with Crippen LogP contribution in [-0.2, 0) is 9.59 Å². The van der Waals surface area contributed by atoms with E-state index in [0.29, 0.717) is 28.4 Å². The molecule has 0 unspecified atom stereocenters. The fourth-order valence-corrected chi connectivity index (χ4v) is 2.92. The molecule has 0 radical (unpaired) electrons. The molecule has 1 heterocycles. The SMILES string of the molecule is O=C(CN(CC1CC1)C(=O)COc1ccc(Cl)cc1)Nc1nccs1. The minimum absolute atomic E-state index is 0.00110. The minimum Gasteiger partial charge on any atom is -0.484 e. The number of carbonyl (C=O) groups excluding carboxylic acids is 2. The number of nitrogens with zero attached hydrogens (tertiary/aromatic N) is 2. The maximum atomic E-state index is 12.5. The van der Waals surface area contributed by atoms with Crippen molar-refractivity contribution in [3.63, 3.8) is 0 Å². The molecule has 1 aliphatic carbocycles. The maximum absolute atomic E-state index is 12.5. The Hall–Kier alpha value is -2.12. The number of halogens is 1. The van der Waals surface area contributed by atoms with Gasteiger partial charge in [0.1, 0.15) is 12.3 Å². The largest absolute Gasteiger partial charge is 0.484 e. The monoisotopic (exact) mass is 379 g/mol. The van der Waals surface area contributed by atoms with Gasteiger partial charge in [0.2, 0.25) is 5.91 Å². The highest BCUT2D eigenvalue weighted by atomic mass is 35.5. The van der Waals surface area contributed by atoms with Crippen LogP contribution in [0.4, 0.5) is 5.13 Å². The summed E-state index contributed by atoms with van der Waals surface area (Å²) in [5.74, 6) is 0.579.